The van der Waals surface area contributed by atoms with E-state index in [1.54, 1.807) is 13.2 Å². The van der Waals surface area contributed by atoms with E-state index in [0.717, 1.165) is 0 Å². The summed E-state index contributed by atoms with van der Waals surface area (Å²) in [6.07, 6.45) is -1.49. The van der Waals surface area contributed by atoms with Crippen molar-refractivity contribution in [1.82, 2.24) is 19.7 Å². The normalized spacial score (nSPS) is 12.3. The molecule has 3 aromatic heterocycles. The van der Waals surface area contributed by atoms with Gasteiger partial charge in [0.2, 0.25) is 5.82 Å². The van der Waals surface area contributed by atoms with Gasteiger partial charge in [-0.15, -0.1) is 0 Å². The average Bonchev–Trinajstić information content (AvgIpc) is 3.12. The van der Waals surface area contributed by atoms with Crippen molar-refractivity contribution in [2.24, 2.45) is 7.05 Å². The van der Waals surface area contributed by atoms with E-state index in [9.17, 15) is 18.0 Å². The Morgan fingerprint density at radius 2 is 2.08 bits per heavy atom. The Morgan fingerprint density at radius 3 is 2.75 bits per heavy atom. The molecule has 0 radical (unpaired) electrons. The van der Waals surface area contributed by atoms with Crippen LogP contribution in [-0.2, 0) is 13.2 Å². The van der Waals surface area contributed by atoms with Gasteiger partial charge in [0.15, 0.2) is 11.0 Å². The molecule has 0 spiro atoms. The minimum Gasteiger partial charge on any atom is -0.453 e. The average molecular weight is 334 g/mol. The van der Waals surface area contributed by atoms with Crippen LogP contribution in [0.5, 0.6) is 0 Å². The Hall–Kier alpha value is -3.10. The van der Waals surface area contributed by atoms with E-state index < -0.39 is 12.0 Å². The number of nitrogens with zero attached hydrogens (tertiary/aromatic N) is 3. The van der Waals surface area contributed by atoms with Crippen LogP contribution in [0.3, 0.4) is 0 Å². The second kappa shape index (κ2) is 4.70. The highest BCUT2D eigenvalue weighted by Crippen LogP contribution is 2.32. The van der Waals surface area contributed by atoms with Gasteiger partial charge in [-0.25, -0.2) is 4.98 Å². The van der Waals surface area contributed by atoms with Crippen molar-refractivity contribution in [3.05, 3.63) is 46.6 Å². The van der Waals surface area contributed by atoms with E-state index in [1.807, 2.05) is 0 Å². The topological polar surface area (TPSA) is 76.7 Å². The van der Waals surface area contributed by atoms with E-state index >= 15 is 0 Å². The van der Waals surface area contributed by atoms with Gasteiger partial charge in [-0.05, 0) is 12.1 Å². The van der Waals surface area contributed by atoms with E-state index in [2.05, 4.69) is 15.1 Å². The standard InChI is InChI=1S/C15H9F3N4O2/c1-22-6-7(5-19-22)11-4-10(23)8-2-3-9-12(13(8)24-11)21-14(20-9)15(16,17)18/h2-6H,1H3,(H,20,21). The largest absolute Gasteiger partial charge is 0.453 e. The molecular weight excluding hydrogens is 325 g/mol. The van der Waals surface area contributed by atoms with Gasteiger partial charge >= 0.3 is 6.18 Å². The summed E-state index contributed by atoms with van der Waals surface area (Å²) >= 11 is 0. The van der Waals surface area contributed by atoms with Gasteiger partial charge in [0, 0.05) is 19.3 Å². The third-order valence-corrected chi connectivity index (χ3v) is 3.61. The molecule has 4 aromatic rings. The summed E-state index contributed by atoms with van der Waals surface area (Å²) in [6, 6.07) is 4.07. The number of aromatic nitrogens is 4. The SMILES string of the molecule is Cn1cc(-c2cc(=O)c3ccc4[nH]c(C(F)(F)F)nc4c3o2)cn1. The van der Waals surface area contributed by atoms with Crippen molar-refractivity contribution in [3.63, 3.8) is 0 Å². The van der Waals surface area contributed by atoms with Crippen LogP contribution in [0.2, 0.25) is 0 Å². The second-order valence-electron chi connectivity index (χ2n) is 5.30. The molecule has 6 nitrogen and oxygen atoms in total. The number of hydrogen-bond acceptors (Lipinski definition) is 4. The van der Waals surface area contributed by atoms with Crippen LogP contribution >= 0.6 is 0 Å². The zero-order valence-corrected chi connectivity index (χ0v) is 12.2. The highest BCUT2D eigenvalue weighted by Gasteiger charge is 2.35. The fourth-order valence-electron chi connectivity index (χ4n) is 2.51. The Balaban J connectivity index is 2.05. The lowest BCUT2D eigenvalue weighted by Crippen LogP contribution is -2.06. The highest BCUT2D eigenvalue weighted by atomic mass is 19.4. The minimum atomic E-state index is -4.62. The summed E-state index contributed by atoms with van der Waals surface area (Å²) < 4.78 is 45.8. The van der Waals surface area contributed by atoms with E-state index in [1.165, 1.54) is 29.1 Å². The lowest BCUT2D eigenvalue weighted by atomic mass is 10.1. The van der Waals surface area contributed by atoms with Gasteiger partial charge in [0.1, 0.15) is 11.3 Å². The monoisotopic (exact) mass is 334 g/mol. The fourth-order valence-corrected chi connectivity index (χ4v) is 2.51. The lowest BCUT2D eigenvalue weighted by Gasteiger charge is -2.01. The number of imidazole rings is 1. The van der Waals surface area contributed by atoms with Crippen LogP contribution in [0.25, 0.3) is 33.3 Å². The quantitative estimate of drug-likeness (QED) is 0.580. The first kappa shape index (κ1) is 14.5. The molecule has 0 bridgehead atoms. The van der Waals surface area contributed by atoms with E-state index in [-0.39, 0.29) is 33.2 Å². The number of benzene rings is 1. The van der Waals surface area contributed by atoms with Crippen molar-refractivity contribution in [1.29, 1.82) is 0 Å². The molecule has 0 aliphatic carbocycles. The number of rotatable bonds is 1. The Morgan fingerprint density at radius 1 is 1.29 bits per heavy atom. The van der Waals surface area contributed by atoms with Gasteiger partial charge in [-0.2, -0.15) is 18.3 Å². The summed E-state index contributed by atoms with van der Waals surface area (Å²) in [5.41, 5.74) is 0.281. The van der Waals surface area contributed by atoms with Gasteiger partial charge < -0.3 is 9.40 Å². The fraction of sp³-hybridized carbons (Fsp3) is 0.133. The predicted octanol–water partition coefficient (Wildman–Crippen LogP) is 3.09. The summed E-state index contributed by atoms with van der Waals surface area (Å²) in [5.74, 6) is -0.927. The maximum Gasteiger partial charge on any atom is 0.449 e. The number of aryl methyl sites for hydroxylation is 1. The summed E-state index contributed by atoms with van der Waals surface area (Å²) in [5, 5.41) is 4.15. The molecule has 24 heavy (non-hydrogen) atoms. The van der Waals surface area contributed by atoms with Gasteiger partial charge in [-0.3, -0.25) is 9.48 Å². The molecule has 0 fully saturated rings. The second-order valence-corrected chi connectivity index (χ2v) is 5.30. The lowest BCUT2D eigenvalue weighted by molar-refractivity contribution is -0.144. The van der Waals surface area contributed by atoms with Crippen LogP contribution in [0.4, 0.5) is 13.2 Å². The number of fused-ring (bicyclic) bond motifs is 3. The first-order chi connectivity index (χ1) is 11.3. The van der Waals surface area contributed by atoms with Crippen LogP contribution in [0.15, 0.2) is 39.8 Å². The predicted molar refractivity (Wildman–Crippen MR) is 79.3 cm³/mol. The molecule has 0 saturated heterocycles. The zero-order valence-electron chi connectivity index (χ0n) is 12.2. The third kappa shape index (κ3) is 2.16. The van der Waals surface area contributed by atoms with Crippen molar-refractivity contribution >= 4 is 22.0 Å². The molecule has 4 rings (SSSR count). The molecule has 0 aliphatic rings. The smallest absolute Gasteiger partial charge is 0.449 e. The molecule has 3 heterocycles. The van der Waals surface area contributed by atoms with Gasteiger partial charge in [-0.1, -0.05) is 0 Å². The number of hydrogen-bond donors (Lipinski definition) is 1. The first-order valence-corrected chi connectivity index (χ1v) is 6.86. The molecular formula is C15H9F3N4O2. The number of H-pyrrole nitrogens is 1. The molecule has 1 aromatic carbocycles. The Bertz CT molecular complexity index is 1140. The number of alkyl halides is 3. The summed E-state index contributed by atoms with van der Waals surface area (Å²) in [6.45, 7) is 0. The Labute approximate surface area is 131 Å². The van der Waals surface area contributed by atoms with Crippen molar-refractivity contribution < 1.29 is 17.6 Å². The van der Waals surface area contributed by atoms with E-state index in [4.69, 9.17) is 4.42 Å². The third-order valence-electron chi connectivity index (χ3n) is 3.61. The molecule has 1 N–H and O–H groups in total. The molecule has 0 unspecified atom stereocenters. The summed E-state index contributed by atoms with van der Waals surface area (Å²) in [7, 11) is 1.70. The van der Waals surface area contributed by atoms with E-state index in [0.29, 0.717) is 5.56 Å². The molecule has 122 valence electrons. The van der Waals surface area contributed by atoms with Gasteiger partial charge in [0.05, 0.1) is 22.7 Å². The maximum absolute atomic E-state index is 12.9. The highest BCUT2D eigenvalue weighted by molar-refractivity contribution is 6.00. The van der Waals surface area contributed by atoms with Crippen LogP contribution in [-0.4, -0.2) is 19.7 Å². The minimum absolute atomic E-state index is 0.00519. The maximum atomic E-state index is 12.9. The Kier molecular flexibility index (Phi) is 2.84. The zero-order chi connectivity index (χ0) is 17.1. The number of halogens is 3. The molecule has 0 saturated carbocycles. The molecule has 0 aliphatic heterocycles. The van der Waals surface area contributed by atoms with Crippen molar-refractivity contribution in [2.75, 3.05) is 0 Å². The first-order valence-electron chi connectivity index (χ1n) is 6.86. The number of nitrogens with one attached hydrogen (secondary N) is 1. The van der Waals surface area contributed by atoms with Crippen molar-refractivity contribution in [3.8, 4) is 11.3 Å². The van der Waals surface area contributed by atoms with Crippen LogP contribution in [0.1, 0.15) is 5.82 Å². The van der Waals surface area contributed by atoms with Gasteiger partial charge in [0.25, 0.3) is 0 Å². The van der Waals surface area contributed by atoms with Crippen LogP contribution < -0.4 is 5.43 Å². The number of aromatic amines is 1. The summed E-state index contributed by atoms with van der Waals surface area (Å²) in [4.78, 5) is 18.0. The molecule has 0 amide bonds. The molecule has 0 atom stereocenters. The van der Waals surface area contributed by atoms with Crippen molar-refractivity contribution in [2.45, 2.75) is 6.18 Å². The molecule has 9 heteroatoms. The van der Waals surface area contributed by atoms with Crippen LogP contribution in [0, 0.1) is 0 Å².